The minimum absolute atomic E-state index is 0.0168. The number of piperazine rings is 1. The number of urea groups is 1. The van der Waals surface area contributed by atoms with Crippen LogP contribution in [0.15, 0.2) is 18.2 Å². The summed E-state index contributed by atoms with van der Waals surface area (Å²) in [6, 6.07) is 4.66. The number of aliphatic carboxylic acids is 1. The number of halogens is 2. The molecule has 25 heavy (non-hydrogen) atoms. The van der Waals surface area contributed by atoms with Gasteiger partial charge in [0.2, 0.25) is 0 Å². The fraction of sp³-hybridized carbons (Fsp3) is 0.438. The molecule has 9 heteroatoms. The van der Waals surface area contributed by atoms with E-state index in [1.54, 1.807) is 28.0 Å². The van der Waals surface area contributed by atoms with E-state index in [-0.39, 0.29) is 23.4 Å². The summed E-state index contributed by atoms with van der Waals surface area (Å²) in [6.07, 6.45) is 0.399. The van der Waals surface area contributed by atoms with Gasteiger partial charge in [0.25, 0.3) is 5.91 Å². The topological polar surface area (TPSA) is 89.9 Å². The van der Waals surface area contributed by atoms with Gasteiger partial charge in [0, 0.05) is 39.1 Å². The molecule has 0 bridgehead atoms. The number of carbonyl (C=O) groups excluding carboxylic acids is 2. The van der Waals surface area contributed by atoms with Gasteiger partial charge in [0.1, 0.15) is 0 Å². The number of carboxylic acid groups (broad SMARTS) is 1. The van der Waals surface area contributed by atoms with Crippen LogP contribution in [0.5, 0.6) is 0 Å². The molecule has 1 saturated heterocycles. The molecule has 1 aliphatic heterocycles. The maximum atomic E-state index is 12.5. The number of benzene rings is 1. The zero-order valence-electron chi connectivity index (χ0n) is 13.5. The second-order valence-electron chi connectivity index (χ2n) is 5.61. The van der Waals surface area contributed by atoms with E-state index in [1.165, 1.54) is 0 Å². The number of amides is 3. The monoisotopic (exact) mass is 387 g/mol. The van der Waals surface area contributed by atoms with Gasteiger partial charge in [-0.05, 0) is 18.6 Å². The molecule has 136 valence electrons. The van der Waals surface area contributed by atoms with Crippen LogP contribution in [0.4, 0.5) is 4.79 Å². The first-order valence-corrected chi connectivity index (χ1v) is 8.63. The molecule has 0 saturated carbocycles. The lowest BCUT2D eigenvalue weighted by Gasteiger charge is -2.35. The summed E-state index contributed by atoms with van der Waals surface area (Å²) in [5.41, 5.74) is 0.348. The number of hydrogen-bond acceptors (Lipinski definition) is 3. The molecule has 0 aliphatic carbocycles. The molecule has 0 radical (unpaired) electrons. The molecular formula is C16H19Cl2N3O4. The first-order valence-electron chi connectivity index (χ1n) is 7.88. The van der Waals surface area contributed by atoms with E-state index in [0.29, 0.717) is 49.7 Å². The van der Waals surface area contributed by atoms with E-state index < -0.39 is 5.97 Å². The van der Waals surface area contributed by atoms with Crippen molar-refractivity contribution >= 4 is 41.1 Å². The van der Waals surface area contributed by atoms with Crippen molar-refractivity contribution < 1.29 is 19.5 Å². The average Bonchev–Trinajstić information content (AvgIpc) is 2.60. The van der Waals surface area contributed by atoms with Crippen molar-refractivity contribution in [3.05, 3.63) is 33.8 Å². The third-order valence-electron chi connectivity index (χ3n) is 3.88. The molecule has 2 N–H and O–H groups in total. The minimum Gasteiger partial charge on any atom is -0.481 e. The molecular weight excluding hydrogens is 369 g/mol. The van der Waals surface area contributed by atoms with Crippen molar-refractivity contribution in [3.8, 4) is 0 Å². The number of hydrogen-bond donors (Lipinski definition) is 2. The first-order chi connectivity index (χ1) is 11.9. The highest BCUT2D eigenvalue weighted by Gasteiger charge is 2.26. The Morgan fingerprint density at radius 2 is 1.72 bits per heavy atom. The Labute approximate surface area is 155 Å². The molecule has 1 aliphatic rings. The molecule has 1 fully saturated rings. The van der Waals surface area contributed by atoms with E-state index in [0.717, 1.165) is 0 Å². The van der Waals surface area contributed by atoms with Crippen LogP contribution < -0.4 is 5.32 Å². The molecule has 0 atom stereocenters. The highest BCUT2D eigenvalue weighted by molar-refractivity contribution is 6.43. The quantitative estimate of drug-likeness (QED) is 0.758. The molecule has 0 aromatic heterocycles. The Morgan fingerprint density at radius 1 is 1.08 bits per heavy atom. The van der Waals surface area contributed by atoms with Gasteiger partial charge >= 0.3 is 12.0 Å². The average molecular weight is 388 g/mol. The van der Waals surface area contributed by atoms with Crippen LogP contribution in [-0.4, -0.2) is 65.5 Å². The number of carbonyl (C=O) groups is 3. The Bertz CT molecular complexity index is 661. The van der Waals surface area contributed by atoms with Crippen molar-refractivity contribution in [3.63, 3.8) is 0 Å². The number of nitrogens with one attached hydrogen (secondary N) is 1. The van der Waals surface area contributed by atoms with Crippen LogP contribution >= 0.6 is 23.2 Å². The number of carboxylic acids is 1. The van der Waals surface area contributed by atoms with Crippen LogP contribution in [0.2, 0.25) is 10.0 Å². The molecule has 0 unspecified atom stereocenters. The van der Waals surface area contributed by atoms with Crippen molar-refractivity contribution in [1.82, 2.24) is 15.1 Å². The largest absolute Gasteiger partial charge is 0.481 e. The standard InChI is InChI=1S/C16H19Cl2N3O4/c17-12-4-1-3-11(14(12)18)15(24)20-7-9-21(10-8-20)16(25)19-6-2-5-13(22)23/h1,3-4H,2,5-10H2,(H,19,25)(H,22,23). The zero-order valence-corrected chi connectivity index (χ0v) is 15.0. The van der Waals surface area contributed by atoms with E-state index in [1.807, 2.05) is 0 Å². The van der Waals surface area contributed by atoms with Gasteiger partial charge < -0.3 is 20.2 Å². The molecule has 7 nitrogen and oxygen atoms in total. The van der Waals surface area contributed by atoms with Crippen LogP contribution in [-0.2, 0) is 4.79 Å². The molecule has 1 heterocycles. The highest BCUT2D eigenvalue weighted by Crippen LogP contribution is 2.26. The Morgan fingerprint density at radius 3 is 2.36 bits per heavy atom. The van der Waals surface area contributed by atoms with E-state index >= 15 is 0 Å². The summed E-state index contributed by atoms with van der Waals surface area (Å²) in [4.78, 5) is 38.2. The summed E-state index contributed by atoms with van der Waals surface area (Å²) in [5, 5.41) is 11.8. The van der Waals surface area contributed by atoms with Gasteiger partial charge in [0.15, 0.2) is 0 Å². The second-order valence-corrected chi connectivity index (χ2v) is 6.40. The lowest BCUT2D eigenvalue weighted by molar-refractivity contribution is -0.137. The van der Waals surface area contributed by atoms with Crippen molar-refractivity contribution in [2.45, 2.75) is 12.8 Å². The van der Waals surface area contributed by atoms with Gasteiger partial charge in [-0.25, -0.2) is 4.79 Å². The maximum Gasteiger partial charge on any atom is 0.317 e. The SMILES string of the molecule is O=C(O)CCCNC(=O)N1CCN(C(=O)c2cccc(Cl)c2Cl)CC1. The molecule has 3 amide bonds. The van der Waals surface area contributed by atoms with Gasteiger partial charge in [-0.3, -0.25) is 9.59 Å². The highest BCUT2D eigenvalue weighted by atomic mass is 35.5. The van der Waals surface area contributed by atoms with E-state index in [4.69, 9.17) is 28.3 Å². The van der Waals surface area contributed by atoms with Gasteiger partial charge in [-0.15, -0.1) is 0 Å². The molecule has 0 spiro atoms. The summed E-state index contributed by atoms with van der Waals surface area (Å²) in [6.45, 7) is 1.89. The minimum atomic E-state index is -0.888. The summed E-state index contributed by atoms with van der Waals surface area (Å²) >= 11 is 12.0. The summed E-state index contributed by atoms with van der Waals surface area (Å²) in [7, 11) is 0. The van der Waals surface area contributed by atoms with Crippen molar-refractivity contribution in [2.75, 3.05) is 32.7 Å². The Balaban J connectivity index is 1.82. The summed E-state index contributed by atoms with van der Waals surface area (Å²) < 4.78 is 0. The fourth-order valence-electron chi connectivity index (χ4n) is 2.50. The lowest BCUT2D eigenvalue weighted by Crippen LogP contribution is -2.53. The summed E-state index contributed by atoms with van der Waals surface area (Å²) in [5.74, 6) is -1.10. The van der Waals surface area contributed by atoms with Crippen LogP contribution in [0.1, 0.15) is 23.2 Å². The Hall–Kier alpha value is -1.99. The van der Waals surface area contributed by atoms with Crippen LogP contribution in [0.25, 0.3) is 0 Å². The first kappa shape index (κ1) is 19.3. The third kappa shape index (κ3) is 5.24. The predicted molar refractivity (Wildman–Crippen MR) is 94.2 cm³/mol. The van der Waals surface area contributed by atoms with E-state index in [2.05, 4.69) is 5.32 Å². The Kier molecular flexibility index (Phi) is 6.90. The lowest BCUT2D eigenvalue weighted by atomic mass is 10.2. The number of rotatable bonds is 5. The van der Waals surface area contributed by atoms with Crippen LogP contribution in [0, 0.1) is 0 Å². The molecule has 2 rings (SSSR count). The fourth-order valence-corrected chi connectivity index (χ4v) is 2.88. The predicted octanol–water partition coefficient (Wildman–Crippen LogP) is 2.33. The third-order valence-corrected chi connectivity index (χ3v) is 4.70. The van der Waals surface area contributed by atoms with Gasteiger partial charge in [0.05, 0.1) is 15.6 Å². The van der Waals surface area contributed by atoms with Crippen molar-refractivity contribution in [2.24, 2.45) is 0 Å². The zero-order chi connectivity index (χ0) is 18.4. The second kappa shape index (κ2) is 8.92. The van der Waals surface area contributed by atoms with Crippen molar-refractivity contribution in [1.29, 1.82) is 0 Å². The smallest absolute Gasteiger partial charge is 0.317 e. The van der Waals surface area contributed by atoms with Crippen LogP contribution in [0.3, 0.4) is 0 Å². The van der Waals surface area contributed by atoms with E-state index in [9.17, 15) is 14.4 Å². The maximum absolute atomic E-state index is 12.5. The number of nitrogens with zero attached hydrogens (tertiary/aromatic N) is 2. The normalized spacial score (nSPS) is 14.3. The molecule has 1 aromatic rings. The van der Waals surface area contributed by atoms with Gasteiger partial charge in [-0.2, -0.15) is 0 Å². The molecule has 1 aromatic carbocycles. The van der Waals surface area contributed by atoms with Gasteiger partial charge in [-0.1, -0.05) is 29.3 Å².